The predicted octanol–water partition coefficient (Wildman–Crippen LogP) is 0.837. The van der Waals surface area contributed by atoms with Crippen molar-refractivity contribution in [3.63, 3.8) is 0 Å². The molecule has 1 aromatic heterocycles. The Balaban J connectivity index is 1.85. The Morgan fingerprint density at radius 1 is 1.39 bits per heavy atom. The number of phenols is 1. The average molecular weight is 247 g/mol. The van der Waals surface area contributed by atoms with E-state index in [9.17, 15) is 10.2 Å². The summed E-state index contributed by atoms with van der Waals surface area (Å²) in [7, 11) is 0. The van der Waals surface area contributed by atoms with Crippen LogP contribution >= 0.6 is 0 Å². The largest absolute Gasteiger partial charge is 0.508 e. The molecule has 1 aromatic carbocycles. The normalized spacial score (nSPS) is 23.4. The van der Waals surface area contributed by atoms with Gasteiger partial charge in [0.05, 0.1) is 12.1 Å². The molecule has 1 fully saturated rings. The summed E-state index contributed by atoms with van der Waals surface area (Å²) < 4.78 is 5.17. The van der Waals surface area contributed by atoms with Gasteiger partial charge in [0.2, 0.25) is 11.7 Å². The number of rotatable bonds is 2. The van der Waals surface area contributed by atoms with E-state index >= 15 is 0 Å². The van der Waals surface area contributed by atoms with Gasteiger partial charge in [-0.15, -0.1) is 0 Å². The zero-order valence-electron chi connectivity index (χ0n) is 9.58. The number of aliphatic hydroxyl groups is 1. The number of hydrogen-bond donors (Lipinski definition) is 3. The maximum Gasteiger partial charge on any atom is 0.244 e. The average Bonchev–Trinajstić information content (AvgIpc) is 2.97. The number of nitrogens with one attached hydrogen (secondary N) is 1. The van der Waals surface area contributed by atoms with E-state index in [1.165, 1.54) is 0 Å². The minimum Gasteiger partial charge on any atom is -0.508 e. The molecule has 2 atom stereocenters. The van der Waals surface area contributed by atoms with Crippen LogP contribution in [0.15, 0.2) is 28.8 Å². The van der Waals surface area contributed by atoms with E-state index in [1.807, 2.05) is 0 Å². The molecule has 0 amide bonds. The number of phenolic OH excluding ortho intramolecular Hbond substituents is 1. The zero-order valence-corrected chi connectivity index (χ0v) is 9.58. The molecular formula is C12H13N3O3. The van der Waals surface area contributed by atoms with Crippen molar-refractivity contribution >= 4 is 0 Å². The lowest BCUT2D eigenvalue weighted by Crippen LogP contribution is -2.15. The summed E-state index contributed by atoms with van der Waals surface area (Å²) in [5.74, 6) is 1.06. The molecule has 94 valence electrons. The van der Waals surface area contributed by atoms with Gasteiger partial charge in [-0.25, -0.2) is 0 Å². The van der Waals surface area contributed by atoms with Crippen molar-refractivity contribution in [1.29, 1.82) is 0 Å². The maximum absolute atomic E-state index is 9.44. The molecule has 0 unspecified atom stereocenters. The second-order valence-electron chi connectivity index (χ2n) is 4.36. The Hall–Kier alpha value is -1.92. The molecule has 3 rings (SSSR count). The minimum absolute atomic E-state index is 0.0986. The zero-order chi connectivity index (χ0) is 12.5. The third-order valence-electron chi connectivity index (χ3n) is 2.95. The second kappa shape index (κ2) is 4.40. The Bertz CT molecular complexity index is 555. The molecule has 1 saturated heterocycles. The van der Waals surface area contributed by atoms with Gasteiger partial charge >= 0.3 is 0 Å². The smallest absolute Gasteiger partial charge is 0.244 e. The third-order valence-corrected chi connectivity index (χ3v) is 2.95. The van der Waals surface area contributed by atoms with Crippen LogP contribution in [0.1, 0.15) is 18.4 Å². The summed E-state index contributed by atoms with van der Waals surface area (Å²) in [4.78, 5) is 4.28. The van der Waals surface area contributed by atoms with E-state index in [2.05, 4.69) is 15.5 Å². The molecule has 18 heavy (non-hydrogen) atoms. The molecule has 1 aliphatic heterocycles. The topological polar surface area (TPSA) is 91.4 Å². The first kappa shape index (κ1) is 11.2. The molecule has 2 heterocycles. The summed E-state index contributed by atoms with van der Waals surface area (Å²) in [6.07, 6.45) is 0.202. The van der Waals surface area contributed by atoms with Crippen LogP contribution in [0.4, 0.5) is 0 Å². The molecular weight excluding hydrogens is 234 g/mol. The standard InChI is InChI=1S/C12H13N3O3/c16-8-3-1-2-7(4-8)11-14-12(18-15-11)10-5-9(17)6-13-10/h1-4,9-10,13,16-17H,5-6H2/t9-,10+/m1/s1. The molecule has 2 aromatic rings. The highest BCUT2D eigenvalue weighted by molar-refractivity contribution is 5.56. The lowest BCUT2D eigenvalue weighted by atomic mass is 10.2. The van der Waals surface area contributed by atoms with E-state index in [0.29, 0.717) is 30.2 Å². The van der Waals surface area contributed by atoms with Crippen molar-refractivity contribution in [2.75, 3.05) is 6.54 Å². The molecule has 6 nitrogen and oxygen atoms in total. The Morgan fingerprint density at radius 3 is 3.00 bits per heavy atom. The first-order chi connectivity index (χ1) is 8.72. The highest BCUT2D eigenvalue weighted by atomic mass is 16.5. The second-order valence-corrected chi connectivity index (χ2v) is 4.36. The van der Waals surface area contributed by atoms with Gasteiger partial charge < -0.3 is 20.1 Å². The Kier molecular flexibility index (Phi) is 2.73. The molecule has 1 aliphatic rings. The number of nitrogens with zero attached hydrogens (tertiary/aromatic N) is 2. The van der Waals surface area contributed by atoms with E-state index < -0.39 is 0 Å². The summed E-state index contributed by atoms with van der Waals surface area (Å²) in [6, 6.07) is 6.58. The van der Waals surface area contributed by atoms with Crippen LogP contribution in [-0.4, -0.2) is 33.0 Å². The lowest BCUT2D eigenvalue weighted by Gasteiger charge is -2.01. The van der Waals surface area contributed by atoms with Crippen LogP contribution in [0, 0.1) is 0 Å². The van der Waals surface area contributed by atoms with Crippen LogP contribution in [0.25, 0.3) is 11.4 Å². The Labute approximate surface area is 103 Å². The van der Waals surface area contributed by atoms with Gasteiger partial charge in [-0.3, -0.25) is 0 Å². The van der Waals surface area contributed by atoms with E-state index in [4.69, 9.17) is 4.52 Å². The fourth-order valence-corrected chi connectivity index (χ4v) is 2.04. The van der Waals surface area contributed by atoms with Gasteiger partial charge in [0, 0.05) is 12.1 Å². The van der Waals surface area contributed by atoms with Crippen molar-refractivity contribution in [2.45, 2.75) is 18.6 Å². The fourth-order valence-electron chi connectivity index (χ4n) is 2.04. The number of aliphatic hydroxyl groups excluding tert-OH is 1. The van der Waals surface area contributed by atoms with Gasteiger partial charge in [0.25, 0.3) is 0 Å². The van der Waals surface area contributed by atoms with Crippen LogP contribution in [-0.2, 0) is 0 Å². The van der Waals surface area contributed by atoms with Crippen LogP contribution in [0.5, 0.6) is 5.75 Å². The number of β-amino-alcohol motifs (C(OH)–C–C–N with tert-alkyl or cyclic N) is 1. The summed E-state index contributed by atoms with van der Waals surface area (Å²) in [5, 5.41) is 25.8. The first-order valence-electron chi connectivity index (χ1n) is 5.77. The highest BCUT2D eigenvalue weighted by Crippen LogP contribution is 2.25. The summed E-state index contributed by atoms with van der Waals surface area (Å²) in [6.45, 7) is 0.536. The van der Waals surface area contributed by atoms with Crippen molar-refractivity contribution in [3.8, 4) is 17.1 Å². The molecule has 0 spiro atoms. The number of benzene rings is 1. The molecule has 0 aliphatic carbocycles. The van der Waals surface area contributed by atoms with Crippen molar-refractivity contribution < 1.29 is 14.7 Å². The summed E-state index contributed by atoms with van der Waals surface area (Å²) >= 11 is 0. The van der Waals surface area contributed by atoms with E-state index in [0.717, 1.165) is 0 Å². The predicted molar refractivity (Wildman–Crippen MR) is 62.8 cm³/mol. The van der Waals surface area contributed by atoms with Crippen LogP contribution < -0.4 is 5.32 Å². The van der Waals surface area contributed by atoms with Gasteiger partial charge in [0.15, 0.2) is 0 Å². The van der Waals surface area contributed by atoms with Crippen molar-refractivity contribution in [2.24, 2.45) is 0 Å². The van der Waals surface area contributed by atoms with Crippen molar-refractivity contribution in [1.82, 2.24) is 15.5 Å². The van der Waals surface area contributed by atoms with Gasteiger partial charge in [0.1, 0.15) is 5.75 Å². The van der Waals surface area contributed by atoms with Crippen LogP contribution in [0.3, 0.4) is 0 Å². The van der Waals surface area contributed by atoms with Gasteiger partial charge in [-0.05, 0) is 18.6 Å². The van der Waals surface area contributed by atoms with E-state index in [1.54, 1.807) is 24.3 Å². The molecule has 3 N–H and O–H groups in total. The number of aromatic nitrogens is 2. The maximum atomic E-state index is 9.44. The van der Waals surface area contributed by atoms with E-state index in [-0.39, 0.29) is 17.9 Å². The lowest BCUT2D eigenvalue weighted by molar-refractivity contribution is 0.191. The fraction of sp³-hybridized carbons (Fsp3) is 0.333. The molecule has 0 bridgehead atoms. The number of hydrogen-bond acceptors (Lipinski definition) is 6. The highest BCUT2D eigenvalue weighted by Gasteiger charge is 2.28. The third kappa shape index (κ3) is 2.07. The quantitative estimate of drug-likeness (QED) is 0.728. The monoisotopic (exact) mass is 247 g/mol. The first-order valence-corrected chi connectivity index (χ1v) is 5.77. The van der Waals surface area contributed by atoms with Gasteiger partial charge in [-0.2, -0.15) is 4.98 Å². The molecule has 6 heteroatoms. The Morgan fingerprint density at radius 2 is 2.28 bits per heavy atom. The van der Waals surface area contributed by atoms with Gasteiger partial charge in [-0.1, -0.05) is 17.3 Å². The molecule has 0 saturated carbocycles. The van der Waals surface area contributed by atoms with Crippen molar-refractivity contribution in [3.05, 3.63) is 30.2 Å². The summed E-state index contributed by atoms with van der Waals surface area (Å²) in [5.41, 5.74) is 0.698. The molecule has 0 radical (unpaired) electrons. The van der Waals surface area contributed by atoms with Crippen LogP contribution in [0.2, 0.25) is 0 Å². The minimum atomic E-state index is -0.369. The SMILES string of the molecule is Oc1cccc(-c2noc([C@@H]3C[C@@H](O)CN3)n2)c1. The number of aromatic hydroxyl groups is 1.